The van der Waals surface area contributed by atoms with Crippen LogP contribution in [-0.4, -0.2) is 32.8 Å². The number of hydrogen-bond donors (Lipinski definition) is 1. The highest BCUT2D eigenvalue weighted by Gasteiger charge is 2.23. The molecule has 19 heavy (non-hydrogen) atoms. The van der Waals surface area contributed by atoms with Crippen LogP contribution in [0.15, 0.2) is 22.7 Å². The van der Waals surface area contributed by atoms with Gasteiger partial charge in [-0.25, -0.2) is 0 Å². The van der Waals surface area contributed by atoms with Crippen molar-refractivity contribution in [2.45, 2.75) is 25.8 Å². The molecule has 0 aliphatic carbocycles. The van der Waals surface area contributed by atoms with Crippen LogP contribution in [0.2, 0.25) is 0 Å². The van der Waals surface area contributed by atoms with Crippen LogP contribution in [0.1, 0.15) is 18.9 Å². The number of nitrogens with two attached hydrogens (primary N) is 1. The predicted octanol–water partition coefficient (Wildman–Crippen LogP) is 2.81. The fraction of sp³-hybridized carbons (Fsp3) is 0.600. The molecule has 3 nitrogen and oxygen atoms in total. The van der Waals surface area contributed by atoms with Crippen LogP contribution in [0.25, 0.3) is 0 Å². The first-order chi connectivity index (χ1) is 9.10. The van der Waals surface area contributed by atoms with Crippen LogP contribution >= 0.6 is 15.9 Å². The molecule has 1 aliphatic heterocycles. The first kappa shape index (κ1) is 14.8. The Kier molecular flexibility index (Phi) is 5.25. The third-order valence-corrected chi connectivity index (χ3v) is 4.23. The van der Waals surface area contributed by atoms with E-state index in [1.165, 1.54) is 22.1 Å². The maximum absolute atomic E-state index is 5.85. The molecule has 2 rings (SSSR count). The minimum absolute atomic E-state index is 0.204. The zero-order chi connectivity index (χ0) is 13.8. The van der Waals surface area contributed by atoms with Gasteiger partial charge < -0.3 is 15.4 Å². The molecular weight excluding hydrogens is 304 g/mol. The van der Waals surface area contributed by atoms with E-state index >= 15 is 0 Å². The van der Waals surface area contributed by atoms with Crippen molar-refractivity contribution in [1.29, 1.82) is 0 Å². The normalized spacial score (nSPS) is 20.8. The van der Waals surface area contributed by atoms with Gasteiger partial charge in [0.25, 0.3) is 0 Å². The molecule has 0 radical (unpaired) electrons. The lowest BCUT2D eigenvalue weighted by atomic mass is 10.1. The highest BCUT2D eigenvalue weighted by Crippen LogP contribution is 2.31. The quantitative estimate of drug-likeness (QED) is 0.904. The standard InChI is InChI=1S/C15H23BrN2O/c1-11(17)7-12-3-4-15(14(16)8-12)18-6-5-13(9-18)10-19-2/h3-4,8,11,13H,5-7,9-10,17H2,1-2H3. The second-order valence-electron chi connectivity index (χ2n) is 5.52. The Morgan fingerprint density at radius 3 is 2.95 bits per heavy atom. The summed E-state index contributed by atoms with van der Waals surface area (Å²) in [4.78, 5) is 2.43. The summed E-state index contributed by atoms with van der Waals surface area (Å²) in [5, 5.41) is 0. The van der Waals surface area contributed by atoms with Gasteiger partial charge in [0, 0.05) is 36.6 Å². The second-order valence-corrected chi connectivity index (χ2v) is 6.38. The van der Waals surface area contributed by atoms with E-state index in [0.29, 0.717) is 5.92 Å². The van der Waals surface area contributed by atoms with Gasteiger partial charge in [0.15, 0.2) is 0 Å². The molecule has 0 bridgehead atoms. The van der Waals surface area contributed by atoms with E-state index in [1.807, 2.05) is 6.92 Å². The zero-order valence-electron chi connectivity index (χ0n) is 11.7. The molecule has 0 amide bonds. The van der Waals surface area contributed by atoms with E-state index < -0.39 is 0 Å². The van der Waals surface area contributed by atoms with E-state index in [-0.39, 0.29) is 6.04 Å². The summed E-state index contributed by atoms with van der Waals surface area (Å²) in [5.41, 5.74) is 8.42. The number of ether oxygens (including phenoxy) is 1. The molecule has 106 valence electrons. The van der Waals surface area contributed by atoms with Crippen molar-refractivity contribution in [1.82, 2.24) is 0 Å². The summed E-state index contributed by atoms with van der Waals surface area (Å²) in [6.07, 6.45) is 2.13. The van der Waals surface area contributed by atoms with Crippen LogP contribution in [0.5, 0.6) is 0 Å². The number of benzene rings is 1. The Hall–Kier alpha value is -0.580. The summed E-state index contributed by atoms with van der Waals surface area (Å²) in [5.74, 6) is 0.653. The number of hydrogen-bond acceptors (Lipinski definition) is 3. The van der Waals surface area contributed by atoms with Gasteiger partial charge in [0.2, 0.25) is 0 Å². The second kappa shape index (κ2) is 6.73. The number of nitrogens with zero attached hydrogens (tertiary/aromatic N) is 1. The van der Waals surface area contributed by atoms with Gasteiger partial charge in [0.05, 0.1) is 12.3 Å². The molecular formula is C15H23BrN2O. The van der Waals surface area contributed by atoms with Gasteiger partial charge in [-0.15, -0.1) is 0 Å². The van der Waals surface area contributed by atoms with Crippen LogP contribution in [0.4, 0.5) is 5.69 Å². The SMILES string of the molecule is COCC1CCN(c2ccc(CC(C)N)cc2Br)C1. The average Bonchev–Trinajstić information content (AvgIpc) is 2.77. The van der Waals surface area contributed by atoms with Crippen molar-refractivity contribution in [2.75, 3.05) is 31.7 Å². The molecule has 1 fully saturated rings. The summed E-state index contributed by atoms with van der Waals surface area (Å²) < 4.78 is 6.42. The molecule has 0 saturated carbocycles. The van der Waals surface area contributed by atoms with Gasteiger partial charge in [-0.2, -0.15) is 0 Å². The molecule has 0 aromatic heterocycles. The van der Waals surface area contributed by atoms with Gasteiger partial charge in [-0.05, 0) is 53.4 Å². The van der Waals surface area contributed by atoms with Crippen LogP contribution in [0.3, 0.4) is 0 Å². The van der Waals surface area contributed by atoms with Gasteiger partial charge in [0.1, 0.15) is 0 Å². The lowest BCUT2D eigenvalue weighted by Gasteiger charge is -2.21. The Balaban J connectivity index is 2.05. The molecule has 4 heteroatoms. The van der Waals surface area contributed by atoms with E-state index in [0.717, 1.165) is 26.1 Å². The largest absolute Gasteiger partial charge is 0.384 e. The third kappa shape index (κ3) is 3.94. The molecule has 2 atom stereocenters. The maximum Gasteiger partial charge on any atom is 0.0510 e. The fourth-order valence-corrected chi connectivity index (χ4v) is 3.41. The molecule has 0 spiro atoms. The van der Waals surface area contributed by atoms with E-state index in [9.17, 15) is 0 Å². The monoisotopic (exact) mass is 326 g/mol. The predicted molar refractivity (Wildman–Crippen MR) is 83.7 cm³/mol. The number of anilines is 1. The van der Waals surface area contributed by atoms with Crippen molar-refractivity contribution in [3.8, 4) is 0 Å². The lowest BCUT2D eigenvalue weighted by molar-refractivity contribution is 0.161. The van der Waals surface area contributed by atoms with Crippen LogP contribution in [-0.2, 0) is 11.2 Å². The Labute approximate surface area is 124 Å². The molecule has 1 heterocycles. The molecule has 1 aromatic rings. The Morgan fingerprint density at radius 1 is 1.53 bits per heavy atom. The molecule has 1 saturated heterocycles. The number of halogens is 1. The third-order valence-electron chi connectivity index (χ3n) is 3.60. The molecule has 2 N–H and O–H groups in total. The van der Waals surface area contributed by atoms with Crippen LogP contribution in [0, 0.1) is 5.92 Å². The minimum Gasteiger partial charge on any atom is -0.384 e. The van der Waals surface area contributed by atoms with E-state index in [1.54, 1.807) is 7.11 Å². The van der Waals surface area contributed by atoms with Gasteiger partial charge in [-0.1, -0.05) is 6.07 Å². The maximum atomic E-state index is 5.85. The van der Waals surface area contributed by atoms with Crippen molar-refractivity contribution < 1.29 is 4.74 Å². The van der Waals surface area contributed by atoms with Crippen molar-refractivity contribution >= 4 is 21.6 Å². The summed E-state index contributed by atoms with van der Waals surface area (Å²) >= 11 is 3.69. The number of rotatable bonds is 5. The first-order valence-corrected chi connectivity index (χ1v) is 7.67. The smallest absolute Gasteiger partial charge is 0.0510 e. The van der Waals surface area contributed by atoms with Crippen molar-refractivity contribution in [3.05, 3.63) is 28.2 Å². The Bertz CT molecular complexity index is 423. The summed E-state index contributed by atoms with van der Waals surface area (Å²) in [7, 11) is 1.78. The first-order valence-electron chi connectivity index (χ1n) is 6.88. The number of methoxy groups -OCH3 is 1. The zero-order valence-corrected chi connectivity index (χ0v) is 13.3. The average molecular weight is 327 g/mol. The van der Waals surface area contributed by atoms with E-state index in [2.05, 4.69) is 39.0 Å². The minimum atomic E-state index is 0.204. The van der Waals surface area contributed by atoms with Crippen molar-refractivity contribution in [3.63, 3.8) is 0 Å². The van der Waals surface area contributed by atoms with E-state index in [4.69, 9.17) is 10.5 Å². The molecule has 2 unspecified atom stereocenters. The fourth-order valence-electron chi connectivity index (χ4n) is 2.73. The highest BCUT2D eigenvalue weighted by atomic mass is 79.9. The summed E-state index contributed by atoms with van der Waals surface area (Å²) in [6.45, 7) is 5.09. The van der Waals surface area contributed by atoms with Gasteiger partial charge >= 0.3 is 0 Å². The Morgan fingerprint density at radius 2 is 2.32 bits per heavy atom. The summed E-state index contributed by atoms with van der Waals surface area (Å²) in [6, 6.07) is 6.79. The van der Waals surface area contributed by atoms with Gasteiger partial charge in [-0.3, -0.25) is 0 Å². The highest BCUT2D eigenvalue weighted by molar-refractivity contribution is 9.10. The van der Waals surface area contributed by atoms with Crippen LogP contribution < -0.4 is 10.6 Å². The molecule has 1 aliphatic rings. The van der Waals surface area contributed by atoms with Crippen molar-refractivity contribution in [2.24, 2.45) is 11.7 Å². The lowest BCUT2D eigenvalue weighted by Crippen LogP contribution is -2.21. The topological polar surface area (TPSA) is 38.5 Å². The molecule has 1 aromatic carbocycles.